The van der Waals surface area contributed by atoms with E-state index in [9.17, 15) is 4.79 Å². The molecule has 1 rings (SSSR count). The fourth-order valence-electron chi connectivity index (χ4n) is 1.38. The minimum atomic E-state index is -0.210. The van der Waals surface area contributed by atoms with Gasteiger partial charge in [-0.25, -0.2) is 0 Å². The minimum Gasteiger partial charge on any atom is -0.340 e. The highest BCUT2D eigenvalue weighted by Gasteiger charge is 2.36. The Labute approximate surface area is 74.9 Å². The van der Waals surface area contributed by atoms with Crippen molar-refractivity contribution in [3.63, 3.8) is 0 Å². The SMILES string of the molecule is CCN(C(=O)C(C)(C)C)C1CC1. The van der Waals surface area contributed by atoms with Crippen molar-refractivity contribution in [3.05, 3.63) is 0 Å². The first-order valence-corrected chi connectivity index (χ1v) is 4.78. The third-order valence-electron chi connectivity index (χ3n) is 2.23. The monoisotopic (exact) mass is 169 g/mol. The van der Waals surface area contributed by atoms with Crippen LogP contribution in [0.4, 0.5) is 0 Å². The van der Waals surface area contributed by atoms with Gasteiger partial charge >= 0.3 is 0 Å². The summed E-state index contributed by atoms with van der Waals surface area (Å²) in [6.45, 7) is 8.88. The number of hydrogen-bond donors (Lipinski definition) is 0. The van der Waals surface area contributed by atoms with E-state index in [-0.39, 0.29) is 5.41 Å². The minimum absolute atomic E-state index is 0.210. The van der Waals surface area contributed by atoms with Gasteiger partial charge in [0.25, 0.3) is 0 Å². The highest BCUT2D eigenvalue weighted by atomic mass is 16.2. The summed E-state index contributed by atoms with van der Waals surface area (Å²) < 4.78 is 0. The molecule has 1 saturated carbocycles. The van der Waals surface area contributed by atoms with Gasteiger partial charge in [-0.3, -0.25) is 4.79 Å². The standard InChI is InChI=1S/C10H19NO/c1-5-11(8-6-7-8)9(12)10(2,3)4/h8H,5-7H2,1-4H3. The van der Waals surface area contributed by atoms with Crippen molar-refractivity contribution in [1.29, 1.82) is 0 Å². The Hall–Kier alpha value is -0.530. The van der Waals surface area contributed by atoms with E-state index in [1.807, 2.05) is 25.7 Å². The summed E-state index contributed by atoms with van der Waals surface area (Å²) >= 11 is 0. The van der Waals surface area contributed by atoms with Gasteiger partial charge in [-0.05, 0) is 19.8 Å². The molecule has 70 valence electrons. The maximum Gasteiger partial charge on any atom is 0.228 e. The first-order chi connectivity index (χ1) is 5.46. The van der Waals surface area contributed by atoms with E-state index in [1.54, 1.807) is 0 Å². The number of rotatable bonds is 2. The van der Waals surface area contributed by atoms with Crippen molar-refractivity contribution in [2.24, 2.45) is 5.41 Å². The Kier molecular flexibility index (Phi) is 2.45. The zero-order valence-corrected chi connectivity index (χ0v) is 8.55. The van der Waals surface area contributed by atoms with Crippen LogP contribution in [0.25, 0.3) is 0 Å². The van der Waals surface area contributed by atoms with Gasteiger partial charge in [0.05, 0.1) is 0 Å². The van der Waals surface area contributed by atoms with Crippen LogP contribution in [0.1, 0.15) is 40.5 Å². The smallest absolute Gasteiger partial charge is 0.228 e. The number of carbonyl (C=O) groups is 1. The molecule has 0 aliphatic heterocycles. The molecule has 0 aromatic carbocycles. The van der Waals surface area contributed by atoms with Gasteiger partial charge in [0.15, 0.2) is 0 Å². The molecule has 0 aromatic rings. The molecule has 0 aromatic heterocycles. The Bertz CT molecular complexity index is 177. The lowest BCUT2D eigenvalue weighted by molar-refractivity contribution is -0.139. The van der Waals surface area contributed by atoms with Gasteiger partial charge in [-0.2, -0.15) is 0 Å². The summed E-state index contributed by atoms with van der Waals surface area (Å²) in [6, 6.07) is 0.557. The van der Waals surface area contributed by atoms with Crippen LogP contribution in [0.3, 0.4) is 0 Å². The van der Waals surface area contributed by atoms with Gasteiger partial charge in [0.1, 0.15) is 0 Å². The second-order valence-corrected chi connectivity index (χ2v) is 4.57. The molecule has 0 heterocycles. The summed E-state index contributed by atoms with van der Waals surface area (Å²) in [4.78, 5) is 13.8. The topological polar surface area (TPSA) is 20.3 Å². The molecule has 0 N–H and O–H groups in total. The zero-order valence-electron chi connectivity index (χ0n) is 8.55. The molecule has 1 fully saturated rings. The normalized spacial score (nSPS) is 17.7. The molecule has 2 heteroatoms. The molecule has 0 bridgehead atoms. The number of hydrogen-bond acceptors (Lipinski definition) is 1. The van der Waals surface area contributed by atoms with E-state index >= 15 is 0 Å². The molecular formula is C10H19NO. The predicted molar refractivity (Wildman–Crippen MR) is 49.9 cm³/mol. The third-order valence-corrected chi connectivity index (χ3v) is 2.23. The van der Waals surface area contributed by atoms with E-state index in [0.29, 0.717) is 11.9 Å². The third kappa shape index (κ3) is 1.99. The number of amides is 1. The fourth-order valence-corrected chi connectivity index (χ4v) is 1.38. The van der Waals surface area contributed by atoms with Crippen molar-refractivity contribution < 1.29 is 4.79 Å². The van der Waals surface area contributed by atoms with Crippen LogP contribution >= 0.6 is 0 Å². The maximum absolute atomic E-state index is 11.8. The van der Waals surface area contributed by atoms with Crippen molar-refractivity contribution in [2.75, 3.05) is 6.54 Å². The van der Waals surface area contributed by atoms with Crippen LogP contribution in [0.15, 0.2) is 0 Å². The molecule has 1 amide bonds. The Morgan fingerprint density at radius 1 is 1.42 bits per heavy atom. The largest absolute Gasteiger partial charge is 0.340 e. The van der Waals surface area contributed by atoms with E-state index in [1.165, 1.54) is 12.8 Å². The summed E-state index contributed by atoms with van der Waals surface area (Å²) in [6.07, 6.45) is 2.41. The van der Waals surface area contributed by atoms with E-state index in [2.05, 4.69) is 6.92 Å². The number of nitrogens with zero attached hydrogens (tertiary/aromatic N) is 1. The Balaban J connectivity index is 2.59. The molecule has 0 atom stereocenters. The molecular weight excluding hydrogens is 150 g/mol. The quantitative estimate of drug-likeness (QED) is 0.619. The van der Waals surface area contributed by atoms with Crippen LogP contribution in [0.5, 0.6) is 0 Å². The first kappa shape index (κ1) is 9.56. The molecule has 2 nitrogen and oxygen atoms in total. The highest BCUT2D eigenvalue weighted by Crippen LogP contribution is 2.30. The Morgan fingerprint density at radius 2 is 1.92 bits per heavy atom. The molecule has 12 heavy (non-hydrogen) atoms. The average Bonchev–Trinajstić information content (AvgIpc) is 2.70. The molecule has 1 aliphatic carbocycles. The summed E-state index contributed by atoms with van der Waals surface area (Å²) in [5.41, 5.74) is -0.210. The molecule has 0 saturated heterocycles. The van der Waals surface area contributed by atoms with Gasteiger partial charge in [0, 0.05) is 18.0 Å². The van der Waals surface area contributed by atoms with Crippen molar-refractivity contribution in [1.82, 2.24) is 4.90 Å². The van der Waals surface area contributed by atoms with Crippen LogP contribution < -0.4 is 0 Å². The van der Waals surface area contributed by atoms with Gasteiger partial charge in [0.2, 0.25) is 5.91 Å². The predicted octanol–water partition coefficient (Wildman–Crippen LogP) is 2.04. The average molecular weight is 169 g/mol. The van der Waals surface area contributed by atoms with Crippen LogP contribution in [0.2, 0.25) is 0 Å². The maximum atomic E-state index is 11.8. The lowest BCUT2D eigenvalue weighted by atomic mass is 9.94. The van der Waals surface area contributed by atoms with E-state index < -0.39 is 0 Å². The van der Waals surface area contributed by atoms with Gasteiger partial charge in [-0.1, -0.05) is 20.8 Å². The zero-order chi connectivity index (χ0) is 9.35. The van der Waals surface area contributed by atoms with Gasteiger partial charge in [-0.15, -0.1) is 0 Å². The second kappa shape index (κ2) is 3.08. The molecule has 0 radical (unpaired) electrons. The highest BCUT2D eigenvalue weighted by molar-refractivity contribution is 5.82. The van der Waals surface area contributed by atoms with Crippen molar-refractivity contribution >= 4 is 5.91 Å². The van der Waals surface area contributed by atoms with Crippen molar-refractivity contribution in [2.45, 2.75) is 46.6 Å². The van der Waals surface area contributed by atoms with Crippen LogP contribution in [0, 0.1) is 5.41 Å². The summed E-state index contributed by atoms with van der Waals surface area (Å²) in [5, 5.41) is 0. The summed E-state index contributed by atoms with van der Waals surface area (Å²) in [7, 11) is 0. The molecule has 0 unspecified atom stereocenters. The molecule has 0 spiro atoms. The van der Waals surface area contributed by atoms with Crippen molar-refractivity contribution in [3.8, 4) is 0 Å². The van der Waals surface area contributed by atoms with Crippen LogP contribution in [-0.4, -0.2) is 23.4 Å². The fraction of sp³-hybridized carbons (Fsp3) is 0.900. The van der Waals surface area contributed by atoms with E-state index in [4.69, 9.17) is 0 Å². The lowest BCUT2D eigenvalue weighted by Crippen LogP contribution is -2.40. The van der Waals surface area contributed by atoms with E-state index in [0.717, 1.165) is 6.54 Å². The van der Waals surface area contributed by atoms with Crippen LogP contribution in [-0.2, 0) is 4.79 Å². The molecule has 1 aliphatic rings. The summed E-state index contributed by atoms with van der Waals surface area (Å²) in [5.74, 6) is 0.299. The van der Waals surface area contributed by atoms with Gasteiger partial charge < -0.3 is 4.90 Å². The number of carbonyl (C=O) groups excluding carboxylic acids is 1. The lowest BCUT2D eigenvalue weighted by Gasteiger charge is -2.28. The second-order valence-electron chi connectivity index (χ2n) is 4.57. The first-order valence-electron chi connectivity index (χ1n) is 4.78. The Morgan fingerprint density at radius 3 is 2.17 bits per heavy atom.